The molecule has 0 aliphatic rings. The third kappa shape index (κ3) is 4.45. The van der Waals surface area contributed by atoms with Crippen molar-refractivity contribution in [2.75, 3.05) is 10.0 Å². The van der Waals surface area contributed by atoms with E-state index in [4.69, 9.17) is 0 Å². The Balaban J connectivity index is 1.88. The summed E-state index contributed by atoms with van der Waals surface area (Å²) in [5.41, 5.74) is 2.30. The van der Waals surface area contributed by atoms with Crippen LogP contribution >= 0.6 is 11.3 Å². The summed E-state index contributed by atoms with van der Waals surface area (Å²) in [5.74, 6) is -0.810. The van der Waals surface area contributed by atoms with Gasteiger partial charge >= 0.3 is 0 Å². The zero-order valence-corrected chi connectivity index (χ0v) is 16.6. The lowest BCUT2D eigenvalue weighted by molar-refractivity contribution is 0.570. The third-order valence-electron chi connectivity index (χ3n) is 4.16. The Kier molecular flexibility index (Phi) is 5.76. The second-order valence-electron chi connectivity index (χ2n) is 6.06. The predicted octanol–water partition coefficient (Wildman–Crippen LogP) is 4.95. The third-order valence-corrected chi connectivity index (χ3v) is 6.33. The number of aryl methyl sites for hydroxylation is 1. The van der Waals surface area contributed by atoms with E-state index in [0.29, 0.717) is 11.3 Å². The normalized spacial score (nSPS) is 12.6. The zero-order valence-electron chi connectivity index (χ0n) is 14.9. The fourth-order valence-electron chi connectivity index (χ4n) is 2.75. The fraction of sp³-hybridized carbons (Fsp3) is 0.211. The highest BCUT2D eigenvalue weighted by molar-refractivity contribution is 7.93. The number of anilines is 2. The van der Waals surface area contributed by atoms with Gasteiger partial charge < -0.3 is 5.32 Å². The van der Waals surface area contributed by atoms with E-state index in [2.05, 4.69) is 15.0 Å². The first-order chi connectivity index (χ1) is 12.9. The number of hydrogen-bond donors (Lipinski definition) is 2. The highest BCUT2D eigenvalue weighted by Crippen LogP contribution is 2.29. The highest BCUT2D eigenvalue weighted by atomic mass is 32.2. The molecule has 1 heterocycles. The summed E-state index contributed by atoms with van der Waals surface area (Å²) in [6.07, 6.45) is 2.28. The topological polar surface area (TPSA) is 71.1 Å². The first kappa shape index (κ1) is 19.3. The van der Waals surface area contributed by atoms with Crippen LogP contribution in [0.3, 0.4) is 0 Å². The molecule has 0 spiro atoms. The lowest BCUT2D eigenvalue weighted by Crippen LogP contribution is -2.16. The molecular formula is C19H20FN3O2S2. The number of halogens is 1. The van der Waals surface area contributed by atoms with Crippen LogP contribution in [-0.4, -0.2) is 13.4 Å². The zero-order chi connectivity index (χ0) is 19.4. The van der Waals surface area contributed by atoms with Crippen molar-refractivity contribution in [2.45, 2.75) is 31.2 Å². The van der Waals surface area contributed by atoms with Crippen molar-refractivity contribution >= 4 is 32.2 Å². The van der Waals surface area contributed by atoms with E-state index in [1.165, 1.54) is 18.3 Å². The van der Waals surface area contributed by atoms with Gasteiger partial charge in [0.15, 0.2) is 5.13 Å². The molecule has 0 radical (unpaired) electrons. The number of sulfonamides is 1. The van der Waals surface area contributed by atoms with Gasteiger partial charge in [0.05, 0.1) is 6.04 Å². The quantitative estimate of drug-likeness (QED) is 0.583. The summed E-state index contributed by atoms with van der Waals surface area (Å²) in [7, 11) is -4.04. The SMILES string of the molecule is CC[C@H](Nc1cc(F)c(S(=O)(=O)Nc2nccs2)cc1C)c1ccccc1. The van der Waals surface area contributed by atoms with E-state index in [1.807, 2.05) is 37.3 Å². The summed E-state index contributed by atoms with van der Waals surface area (Å²) >= 11 is 1.13. The van der Waals surface area contributed by atoms with Gasteiger partial charge in [-0.05, 0) is 36.6 Å². The van der Waals surface area contributed by atoms with Crippen LogP contribution in [-0.2, 0) is 10.0 Å². The average Bonchev–Trinajstić information content (AvgIpc) is 3.15. The van der Waals surface area contributed by atoms with Crippen LogP contribution in [0.4, 0.5) is 15.2 Å². The second kappa shape index (κ2) is 8.06. The van der Waals surface area contributed by atoms with E-state index in [0.717, 1.165) is 23.3 Å². The number of hydrogen-bond acceptors (Lipinski definition) is 5. The number of nitrogens with zero attached hydrogens (tertiary/aromatic N) is 1. The minimum Gasteiger partial charge on any atom is -0.378 e. The number of nitrogens with one attached hydrogen (secondary N) is 2. The van der Waals surface area contributed by atoms with Crippen LogP contribution in [0.15, 0.2) is 58.9 Å². The molecular weight excluding hydrogens is 385 g/mol. The van der Waals surface area contributed by atoms with Gasteiger partial charge in [-0.15, -0.1) is 11.3 Å². The lowest BCUT2D eigenvalue weighted by Gasteiger charge is -2.21. The van der Waals surface area contributed by atoms with Crippen molar-refractivity contribution in [3.63, 3.8) is 0 Å². The molecule has 2 aromatic carbocycles. The van der Waals surface area contributed by atoms with Crippen LogP contribution in [0.5, 0.6) is 0 Å². The van der Waals surface area contributed by atoms with Crippen molar-refractivity contribution in [3.8, 4) is 0 Å². The molecule has 0 amide bonds. The molecule has 1 atom stereocenters. The Labute approximate surface area is 162 Å². The summed E-state index contributed by atoms with van der Waals surface area (Å²) in [4.78, 5) is 3.48. The monoisotopic (exact) mass is 405 g/mol. The van der Waals surface area contributed by atoms with Gasteiger partial charge in [0, 0.05) is 17.3 Å². The summed E-state index contributed by atoms with van der Waals surface area (Å²) in [6.45, 7) is 3.79. The highest BCUT2D eigenvalue weighted by Gasteiger charge is 2.22. The molecule has 0 fully saturated rings. The predicted molar refractivity (Wildman–Crippen MR) is 107 cm³/mol. The maximum absolute atomic E-state index is 14.6. The van der Waals surface area contributed by atoms with Crippen molar-refractivity contribution in [1.29, 1.82) is 0 Å². The molecule has 2 N–H and O–H groups in total. The standard InChI is InChI=1S/C19H20FN3O2S2/c1-3-16(14-7-5-4-6-8-14)22-17-12-15(20)18(11-13(17)2)27(24,25)23-19-21-9-10-26-19/h4-12,16,22H,3H2,1-2H3,(H,21,23)/t16-/m0/s1. The molecule has 27 heavy (non-hydrogen) atoms. The molecule has 0 saturated heterocycles. The smallest absolute Gasteiger partial charge is 0.266 e. The van der Waals surface area contributed by atoms with Crippen LogP contribution in [0, 0.1) is 12.7 Å². The number of thiazole rings is 1. The van der Waals surface area contributed by atoms with Crippen LogP contribution in [0.25, 0.3) is 0 Å². The number of aromatic nitrogens is 1. The van der Waals surface area contributed by atoms with Crippen LogP contribution in [0.1, 0.15) is 30.5 Å². The Morgan fingerprint density at radius 3 is 2.59 bits per heavy atom. The minimum atomic E-state index is -4.04. The average molecular weight is 406 g/mol. The van der Waals surface area contributed by atoms with Gasteiger partial charge in [-0.25, -0.2) is 17.8 Å². The van der Waals surface area contributed by atoms with Gasteiger partial charge in [-0.3, -0.25) is 4.72 Å². The summed E-state index contributed by atoms with van der Waals surface area (Å²) < 4.78 is 41.9. The maximum Gasteiger partial charge on any atom is 0.266 e. The Morgan fingerprint density at radius 2 is 1.96 bits per heavy atom. The van der Waals surface area contributed by atoms with E-state index in [-0.39, 0.29) is 11.2 Å². The second-order valence-corrected chi connectivity index (χ2v) is 8.60. The van der Waals surface area contributed by atoms with Crippen LogP contribution < -0.4 is 10.0 Å². The van der Waals surface area contributed by atoms with E-state index >= 15 is 0 Å². The molecule has 142 valence electrons. The Bertz CT molecular complexity index is 1010. The Morgan fingerprint density at radius 1 is 1.22 bits per heavy atom. The molecule has 3 rings (SSSR count). The fourth-order valence-corrected chi connectivity index (χ4v) is 4.69. The van der Waals surface area contributed by atoms with Crippen molar-refractivity contribution in [1.82, 2.24) is 4.98 Å². The largest absolute Gasteiger partial charge is 0.378 e. The van der Waals surface area contributed by atoms with Crippen molar-refractivity contribution in [2.24, 2.45) is 0 Å². The molecule has 1 aromatic heterocycles. The van der Waals surface area contributed by atoms with E-state index in [1.54, 1.807) is 12.3 Å². The van der Waals surface area contributed by atoms with E-state index in [9.17, 15) is 12.8 Å². The number of rotatable bonds is 7. The maximum atomic E-state index is 14.6. The molecule has 0 unspecified atom stereocenters. The minimum absolute atomic E-state index is 0.000186. The van der Waals surface area contributed by atoms with Crippen LogP contribution in [0.2, 0.25) is 0 Å². The van der Waals surface area contributed by atoms with Gasteiger partial charge in [0.2, 0.25) is 0 Å². The molecule has 0 aliphatic heterocycles. The first-order valence-electron chi connectivity index (χ1n) is 8.44. The van der Waals surface area contributed by atoms with Crippen molar-refractivity contribution in [3.05, 3.63) is 71.0 Å². The Hall–Kier alpha value is -2.45. The molecule has 5 nitrogen and oxygen atoms in total. The molecule has 8 heteroatoms. The lowest BCUT2D eigenvalue weighted by atomic mass is 10.0. The molecule has 0 saturated carbocycles. The van der Waals surface area contributed by atoms with Gasteiger partial charge in [-0.2, -0.15) is 0 Å². The molecule has 0 bridgehead atoms. The number of benzene rings is 2. The van der Waals surface area contributed by atoms with E-state index < -0.39 is 20.7 Å². The summed E-state index contributed by atoms with van der Waals surface area (Å²) in [6, 6.07) is 12.4. The van der Waals surface area contributed by atoms with Gasteiger partial charge in [0.1, 0.15) is 10.7 Å². The summed E-state index contributed by atoms with van der Waals surface area (Å²) in [5, 5.41) is 5.15. The van der Waals surface area contributed by atoms with Gasteiger partial charge in [0.25, 0.3) is 10.0 Å². The molecule has 3 aromatic rings. The van der Waals surface area contributed by atoms with Gasteiger partial charge in [-0.1, -0.05) is 37.3 Å². The first-order valence-corrected chi connectivity index (χ1v) is 10.8. The molecule has 0 aliphatic carbocycles. The van der Waals surface area contributed by atoms with Crippen molar-refractivity contribution < 1.29 is 12.8 Å².